The standard InChI is InChI=1S/C14H16O5/c1-18-12-8-10(4-3-5-14(17)19-2)6-7-11(12)9-13(15)16/h3-4,6-8H,5,9H2,1-2H3,(H,15,16). The lowest BCUT2D eigenvalue weighted by molar-refractivity contribution is -0.139. The van der Waals surface area contributed by atoms with Crippen LogP contribution in [0, 0.1) is 0 Å². The van der Waals surface area contributed by atoms with Crippen LogP contribution in [0.2, 0.25) is 0 Å². The molecule has 0 radical (unpaired) electrons. The Kier molecular flexibility index (Phi) is 5.60. The van der Waals surface area contributed by atoms with Crippen molar-refractivity contribution >= 4 is 18.0 Å². The minimum atomic E-state index is -0.910. The molecule has 0 aliphatic rings. The molecule has 0 spiro atoms. The average molecular weight is 264 g/mol. The van der Waals surface area contributed by atoms with Crippen LogP contribution in [0.1, 0.15) is 17.5 Å². The molecule has 0 aliphatic carbocycles. The van der Waals surface area contributed by atoms with Gasteiger partial charge in [0.05, 0.1) is 27.1 Å². The molecule has 1 N–H and O–H groups in total. The van der Waals surface area contributed by atoms with Gasteiger partial charge in [-0.3, -0.25) is 9.59 Å². The zero-order valence-electron chi connectivity index (χ0n) is 10.9. The number of carboxylic acids is 1. The Labute approximate surface area is 111 Å². The molecule has 0 unspecified atom stereocenters. The Bertz CT molecular complexity index is 491. The largest absolute Gasteiger partial charge is 0.496 e. The van der Waals surface area contributed by atoms with Crippen LogP contribution in [0.3, 0.4) is 0 Å². The summed E-state index contributed by atoms with van der Waals surface area (Å²) in [4.78, 5) is 21.6. The normalized spacial score (nSPS) is 10.4. The summed E-state index contributed by atoms with van der Waals surface area (Å²) in [6.07, 6.45) is 3.53. The first-order valence-corrected chi connectivity index (χ1v) is 5.69. The third kappa shape index (κ3) is 4.83. The SMILES string of the molecule is COC(=O)CC=Cc1ccc(CC(=O)O)c(OC)c1. The van der Waals surface area contributed by atoms with Gasteiger partial charge < -0.3 is 14.6 Å². The Morgan fingerprint density at radius 3 is 2.63 bits per heavy atom. The zero-order valence-corrected chi connectivity index (χ0v) is 10.9. The lowest BCUT2D eigenvalue weighted by Gasteiger charge is -2.07. The van der Waals surface area contributed by atoms with E-state index in [1.807, 2.05) is 0 Å². The number of carboxylic acid groups (broad SMARTS) is 1. The van der Waals surface area contributed by atoms with E-state index in [1.165, 1.54) is 14.2 Å². The molecule has 1 aromatic carbocycles. The predicted molar refractivity (Wildman–Crippen MR) is 70.0 cm³/mol. The van der Waals surface area contributed by atoms with Gasteiger partial charge in [0.1, 0.15) is 5.75 Å². The summed E-state index contributed by atoms with van der Waals surface area (Å²) in [5, 5.41) is 8.76. The fourth-order valence-electron chi connectivity index (χ4n) is 1.55. The highest BCUT2D eigenvalue weighted by Crippen LogP contribution is 2.21. The molecule has 1 aromatic rings. The number of aliphatic carboxylic acids is 1. The number of rotatable bonds is 6. The zero-order chi connectivity index (χ0) is 14.3. The maximum Gasteiger partial charge on any atom is 0.309 e. The van der Waals surface area contributed by atoms with E-state index in [1.54, 1.807) is 30.4 Å². The first-order chi connectivity index (χ1) is 9.06. The van der Waals surface area contributed by atoms with Gasteiger partial charge in [-0.05, 0) is 11.6 Å². The second-order valence-electron chi connectivity index (χ2n) is 3.82. The van der Waals surface area contributed by atoms with Gasteiger partial charge in [0, 0.05) is 5.56 Å². The van der Waals surface area contributed by atoms with Gasteiger partial charge in [0.15, 0.2) is 0 Å². The number of hydrogen-bond acceptors (Lipinski definition) is 4. The van der Waals surface area contributed by atoms with E-state index in [4.69, 9.17) is 9.84 Å². The van der Waals surface area contributed by atoms with E-state index in [9.17, 15) is 9.59 Å². The fraction of sp³-hybridized carbons (Fsp3) is 0.286. The van der Waals surface area contributed by atoms with Gasteiger partial charge in [-0.2, -0.15) is 0 Å². The monoisotopic (exact) mass is 264 g/mol. The second kappa shape index (κ2) is 7.20. The van der Waals surface area contributed by atoms with Gasteiger partial charge in [-0.25, -0.2) is 0 Å². The molecule has 0 aromatic heterocycles. The van der Waals surface area contributed by atoms with E-state index in [-0.39, 0.29) is 18.8 Å². The third-order valence-electron chi connectivity index (χ3n) is 2.48. The van der Waals surface area contributed by atoms with Crippen molar-refractivity contribution in [3.05, 3.63) is 35.4 Å². The number of esters is 1. The summed E-state index contributed by atoms with van der Waals surface area (Å²) < 4.78 is 9.66. The van der Waals surface area contributed by atoms with Crippen molar-refractivity contribution in [3.8, 4) is 5.75 Å². The molecule has 0 saturated heterocycles. The van der Waals surface area contributed by atoms with Gasteiger partial charge >= 0.3 is 11.9 Å². The molecule has 19 heavy (non-hydrogen) atoms. The van der Waals surface area contributed by atoms with Crippen LogP contribution in [-0.4, -0.2) is 31.3 Å². The van der Waals surface area contributed by atoms with Crippen LogP contribution in [0.25, 0.3) is 6.08 Å². The highest BCUT2D eigenvalue weighted by molar-refractivity contribution is 5.73. The molecule has 102 valence electrons. The molecule has 0 saturated carbocycles. The van der Waals surface area contributed by atoms with Crippen molar-refractivity contribution in [2.24, 2.45) is 0 Å². The minimum Gasteiger partial charge on any atom is -0.496 e. The van der Waals surface area contributed by atoms with E-state index in [0.717, 1.165) is 5.56 Å². The Balaban J connectivity index is 2.81. The van der Waals surface area contributed by atoms with Gasteiger partial charge in [-0.15, -0.1) is 0 Å². The molecule has 0 bridgehead atoms. The lowest BCUT2D eigenvalue weighted by atomic mass is 10.1. The van der Waals surface area contributed by atoms with Crippen molar-refractivity contribution < 1.29 is 24.2 Å². The van der Waals surface area contributed by atoms with Gasteiger partial charge in [-0.1, -0.05) is 24.3 Å². The molecule has 0 fully saturated rings. The minimum absolute atomic E-state index is 0.0880. The number of hydrogen-bond donors (Lipinski definition) is 1. The molecule has 0 atom stereocenters. The number of ether oxygens (including phenoxy) is 2. The van der Waals surface area contributed by atoms with Crippen LogP contribution in [0.5, 0.6) is 5.75 Å². The number of carbonyl (C=O) groups is 2. The van der Waals surface area contributed by atoms with E-state index in [0.29, 0.717) is 11.3 Å². The summed E-state index contributed by atoms with van der Waals surface area (Å²) >= 11 is 0. The van der Waals surface area contributed by atoms with Crippen molar-refractivity contribution in [1.82, 2.24) is 0 Å². The molecule has 5 nitrogen and oxygen atoms in total. The fourth-order valence-corrected chi connectivity index (χ4v) is 1.55. The van der Waals surface area contributed by atoms with Crippen LogP contribution in [0.15, 0.2) is 24.3 Å². The Morgan fingerprint density at radius 1 is 1.32 bits per heavy atom. The first kappa shape index (κ1) is 14.8. The highest BCUT2D eigenvalue weighted by Gasteiger charge is 2.07. The topological polar surface area (TPSA) is 72.8 Å². The summed E-state index contributed by atoms with van der Waals surface area (Å²) in [6.45, 7) is 0. The Morgan fingerprint density at radius 2 is 2.05 bits per heavy atom. The second-order valence-corrected chi connectivity index (χ2v) is 3.82. The van der Waals surface area contributed by atoms with Crippen molar-refractivity contribution in [2.45, 2.75) is 12.8 Å². The molecule has 0 amide bonds. The van der Waals surface area contributed by atoms with E-state index >= 15 is 0 Å². The smallest absolute Gasteiger partial charge is 0.309 e. The first-order valence-electron chi connectivity index (χ1n) is 5.69. The van der Waals surface area contributed by atoms with Crippen LogP contribution >= 0.6 is 0 Å². The summed E-state index contributed by atoms with van der Waals surface area (Å²) in [7, 11) is 2.82. The molecular formula is C14H16O5. The summed E-state index contributed by atoms with van der Waals surface area (Å²) in [5.41, 5.74) is 1.44. The lowest BCUT2D eigenvalue weighted by Crippen LogP contribution is -2.02. The number of benzene rings is 1. The predicted octanol–water partition coefficient (Wildman–Crippen LogP) is 1.90. The van der Waals surface area contributed by atoms with Crippen LogP contribution in [0.4, 0.5) is 0 Å². The molecule has 0 aliphatic heterocycles. The van der Waals surface area contributed by atoms with Crippen molar-refractivity contribution in [2.75, 3.05) is 14.2 Å². The van der Waals surface area contributed by atoms with Crippen molar-refractivity contribution in [1.29, 1.82) is 0 Å². The van der Waals surface area contributed by atoms with Gasteiger partial charge in [0.2, 0.25) is 0 Å². The average Bonchev–Trinajstić information content (AvgIpc) is 2.39. The van der Waals surface area contributed by atoms with Gasteiger partial charge in [0.25, 0.3) is 0 Å². The maximum absolute atomic E-state index is 10.9. The quantitative estimate of drug-likeness (QED) is 0.794. The Hall–Kier alpha value is -2.30. The summed E-state index contributed by atoms with van der Waals surface area (Å²) in [6, 6.07) is 5.20. The third-order valence-corrected chi connectivity index (χ3v) is 2.48. The molecular weight excluding hydrogens is 248 g/mol. The van der Waals surface area contributed by atoms with E-state index in [2.05, 4.69) is 4.74 Å². The highest BCUT2D eigenvalue weighted by atomic mass is 16.5. The molecule has 5 heteroatoms. The number of carbonyl (C=O) groups excluding carboxylic acids is 1. The number of methoxy groups -OCH3 is 2. The maximum atomic E-state index is 10.9. The van der Waals surface area contributed by atoms with E-state index < -0.39 is 5.97 Å². The van der Waals surface area contributed by atoms with Crippen LogP contribution in [-0.2, 0) is 20.7 Å². The molecule has 1 rings (SSSR count). The molecule has 0 heterocycles. The van der Waals surface area contributed by atoms with Crippen LogP contribution < -0.4 is 4.74 Å². The van der Waals surface area contributed by atoms with Crippen molar-refractivity contribution in [3.63, 3.8) is 0 Å². The summed E-state index contributed by atoms with van der Waals surface area (Å²) in [5.74, 6) is -0.708.